The molecule has 0 aliphatic heterocycles. The molecule has 0 bridgehead atoms. The first kappa shape index (κ1) is 8.08. The molecule has 0 spiro atoms. The SMILES string of the molecule is CCO[C@H]1CC(=O)[C@@H]1SC. The topological polar surface area (TPSA) is 26.3 Å². The minimum atomic E-state index is 0.125. The summed E-state index contributed by atoms with van der Waals surface area (Å²) in [7, 11) is 0. The predicted octanol–water partition coefficient (Wildman–Crippen LogP) is 1.10. The van der Waals surface area contributed by atoms with E-state index in [1.165, 1.54) is 0 Å². The number of carbonyl (C=O) groups is 1. The van der Waals surface area contributed by atoms with Crippen molar-refractivity contribution in [3.05, 3.63) is 0 Å². The number of ketones is 1. The molecule has 1 aliphatic rings. The Morgan fingerprint density at radius 1 is 1.80 bits per heavy atom. The van der Waals surface area contributed by atoms with E-state index in [2.05, 4.69) is 0 Å². The Bertz CT molecular complexity index is 136. The minimum absolute atomic E-state index is 0.125. The maximum absolute atomic E-state index is 10.8. The first-order valence-corrected chi connectivity index (χ1v) is 4.75. The molecule has 1 aliphatic carbocycles. The van der Waals surface area contributed by atoms with Gasteiger partial charge < -0.3 is 4.74 Å². The van der Waals surface area contributed by atoms with Crippen LogP contribution in [0.3, 0.4) is 0 Å². The predicted molar refractivity (Wildman–Crippen MR) is 42.3 cm³/mol. The Balaban J connectivity index is 2.30. The van der Waals surface area contributed by atoms with Crippen molar-refractivity contribution in [1.82, 2.24) is 0 Å². The molecule has 0 saturated heterocycles. The van der Waals surface area contributed by atoms with Crippen LogP contribution < -0.4 is 0 Å². The van der Waals surface area contributed by atoms with Gasteiger partial charge in [0.1, 0.15) is 0 Å². The number of Topliss-reactive ketones (excluding diaryl/α,β-unsaturated/α-hetero) is 1. The molecule has 10 heavy (non-hydrogen) atoms. The van der Waals surface area contributed by atoms with Gasteiger partial charge in [-0.2, -0.15) is 11.8 Å². The second-order valence-corrected chi connectivity index (χ2v) is 3.30. The van der Waals surface area contributed by atoms with Gasteiger partial charge in [-0.3, -0.25) is 4.79 Å². The molecule has 0 aromatic rings. The lowest BCUT2D eigenvalue weighted by Gasteiger charge is -2.32. The zero-order valence-electron chi connectivity index (χ0n) is 6.29. The van der Waals surface area contributed by atoms with Crippen molar-refractivity contribution in [1.29, 1.82) is 0 Å². The minimum Gasteiger partial charge on any atom is -0.376 e. The third kappa shape index (κ3) is 1.35. The van der Waals surface area contributed by atoms with E-state index in [-0.39, 0.29) is 11.4 Å². The van der Waals surface area contributed by atoms with Crippen LogP contribution in [0.1, 0.15) is 13.3 Å². The number of hydrogen-bond donors (Lipinski definition) is 0. The van der Waals surface area contributed by atoms with Gasteiger partial charge in [0.05, 0.1) is 11.4 Å². The van der Waals surface area contributed by atoms with Crippen molar-refractivity contribution in [3.63, 3.8) is 0 Å². The molecule has 2 nitrogen and oxygen atoms in total. The van der Waals surface area contributed by atoms with Crippen LogP contribution in [0.5, 0.6) is 0 Å². The highest BCUT2D eigenvalue weighted by molar-refractivity contribution is 8.00. The Morgan fingerprint density at radius 3 is 2.90 bits per heavy atom. The molecule has 0 heterocycles. The maximum Gasteiger partial charge on any atom is 0.151 e. The molecular weight excluding hydrogens is 148 g/mol. The molecule has 0 aromatic heterocycles. The maximum atomic E-state index is 10.8. The first-order valence-electron chi connectivity index (χ1n) is 3.46. The van der Waals surface area contributed by atoms with Crippen LogP contribution in [0.25, 0.3) is 0 Å². The van der Waals surface area contributed by atoms with E-state index in [1.807, 2.05) is 13.2 Å². The van der Waals surface area contributed by atoms with Crippen molar-refractivity contribution in [3.8, 4) is 0 Å². The summed E-state index contributed by atoms with van der Waals surface area (Å²) in [6.45, 7) is 2.68. The average Bonchev–Trinajstić information content (AvgIpc) is 1.88. The second kappa shape index (κ2) is 3.39. The van der Waals surface area contributed by atoms with Crippen LogP contribution in [0.2, 0.25) is 0 Å². The van der Waals surface area contributed by atoms with Crippen LogP contribution in [-0.2, 0) is 9.53 Å². The van der Waals surface area contributed by atoms with Gasteiger partial charge in [0.25, 0.3) is 0 Å². The van der Waals surface area contributed by atoms with E-state index >= 15 is 0 Å². The lowest BCUT2D eigenvalue weighted by Crippen LogP contribution is -2.46. The van der Waals surface area contributed by atoms with E-state index in [9.17, 15) is 4.79 Å². The molecule has 2 atom stereocenters. The zero-order valence-corrected chi connectivity index (χ0v) is 7.11. The summed E-state index contributed by atoms with van der Waals surface area (Å²) in [5.41, 5.74) is 0. The summed E-state index contributed by atoms with van der Waals surface area (Å²) in [4.78, 5) is 10.8. The van der Waals surface area contributed by atoms with Crippen LogP contribution in [0.15, 0.2) is 0 Å². The molecule has 1 saturated carbocycles. The van der Waals surface area contributed by atoms with Gasteiger partial charge in [0.2, 0.25) is 0 Å². The highest BCUT2D eigenvalue weighted by atomic mass is 32.2. The first-order chi connectivity index (χ1) is 4.79. The highest BCUT2D eigenvalue weighted by Crippen LogP contribution is 2.29. The van der Waals surface area contributed by atoms with Gasteiger partial charge in [-0.1, -0.05) is 0 Å². The summed E-state index contributed by atoms with van der Waals surface area (Å²) in [5.74, 6) is 0.339. The van der Waals surface area contributed by atoms with Gasteiger partial charge in [-0.25, -0.2) is 0 Å². The van der Waals surface area contributed by atoms with Crippen LogP contribution in [-0.4, -0.2) is 30.0 Å². The van der Waals surface area contributed by atoms with E-state index in [0.29, 0.717) is 12.2 Å². The summed E-state index contributed by atoms with van der Waals surface area (Å²) in [5, 5.41) is 0.125. The Kier molecular flexibility index (Phi) is 2.74. The second-order valence-electron chi connectivity index (χ2n) is 2.32. The van der Waals surface area contributed by atoms with E-state index in [1.54, 1.807) is 11.8 Å². The molecule has 1 rings (SSSR count). The van der Waals surface area contributed by atoms with Gasteiger partial charge in [-0.05, 0) is 13.2 Å². The number of rotatable bonds is 3. The van der Waals surface area contributed by atoms with Gasteiger partial charge in [0, 0.05) is 13.0 Å². The zero-order chi connectivity index (χ0) is 7.56. The van der Waals surface area contributed by atoms with Crippen LogP contribution in [0.4, 0.5) is 0 Å². The van der Waals surface area contributed by atoms with Crippen molar-refractivity contribution in [2.45, 2.75) is 24.7 Å². The van der Waals surface area contributed by atoms with Gasteiger partial charge in [-0.15, -0.1) is 0 Å². The molecule has 1 fully saturated rings. The number of thioether (sulfide) groups is 1. The van der Waals surface area contributed by atoms with Crippen molar-refractivity contribution >= 4 is 17.5 Å². The largest absolute Gasteiger partial charge is 0.376 e. The summed E-state index contributed by atoms with van der Waals surface area (Å²) >= 11 is 1.59. The van der Waals surface area contributed by atoms with Crippen molar-refractivity contribution in [2.24, 2.45) is 0 Å². The molecular formula is C7H12O2S. The summed E-state index contributed by atoms with van der Waals surface area (Å²) < 4.78 is 5.31. The van der Waals surface area contributed by atoms with Gasteiger partial charge >= 0.3 is 0 Å². The number of ether oxygens (including phenoxy) is 1. The molecule has 0 radical (unpaired) electrons. The molecule has 3 heteroatoms. The van der Waals surface area contributed by atoms with E-state index in [4.69, 9.17) is 4.74 Å². The van der Waals surface area contributed by atoms with Gasteiger partial charge in [0.15, 0.2) is 5.78 Å². The summed E-state index contributed by atoms with van der Waals surface area (Å²) in [6, 6.07) is 0. The standard InChI is InChI=1S/C7H12O2S/c1-3-9-6-4-5(8)7(6)10-2/h6-7H,3-4H2,1-2H3/t6-,7-/m0/s1. The van der Waals surface area contributed by atoms with Crippen molar-refractivity contribution < 1.29 is 9.53 Å². The third-order valence-corrected chi connectivity index (χ3v) is 2.77. The Morgan fingerprint density at radius 2 is 2.50 bits per heavy atom. The Labute approximate surface area is 65.3 Å². The Hall–Kier alpha value is -0.0200. The average molecular weight is 160 g/mol. The fourth-order valence-corrected chi connectivity index (χ4v) is 1.95. The number of carbonyl (C=O) groups excluding carboxylic acids is 1. The van der Waals surface area contributed by atoms with Crippen molar-refractivity contribution in [2.75, 3.05) is 12.9 Å². The van der Waals surface area contributed by atoms with E-state index < -0.39 is 0 Å². The number of hydrogen-bond acceptors (Lipinski definition) is 3. The quantitative estimate of drug-likeness (QED) is 0.618. The molecule has 0 amide bonds. The lowest BCUT2D eigenvalue weighted by atomic mass is 9.93. The third-order valence-electron chi connectivity index (χ3n) is 1.69. The monoisotopic (exact) mass is 160 g/mol. The van der Waals surface area contributed by atoms with Crippen LogP contribution in [0, 0.1) is 0 Å². The fourth-order valence-electron chi connectivity index (χ4n) is 1.11. The molecule has 0 aromatic carbocycles. The lowest BCUT2D eigenvalue weighted by molar-refractivity contribution is -0.132. The molecule has 58 valence electrons. The fraction of sp³-hybridized carbons (Fsp3) is 0.857. The smallest absolute Gasteiger partial charge is 0.151 e. The normalized spacial score (nSPS) is 32.0. The highest BCUT2D eigenvalue weighted by Gasteiger charge is 2.39. The molecule has 0 unspecified atom stereocenters. The van der Waals surface area contributed by atoms with E-state index in [0.717, 1.165) is 6.61 Å². The van der Waals surface area contributed by atoms with Crippen LogP contribution >= 0.6 is 11.8 Å². The summed E-state index contributed by atoms with van der Waals surface area (Å²) in [6.07, 6.45) is 2.78. The molecule has 0 N–H and O–H groups in total.